The van der Waals surface area contributed by atoms with Gasteiger partial charge in [0.15, 0.2) is 0 Å². The van der Waals surface area contributed by atoms with Gasteiger partial charge in [-0.2, -0.15) is 0 Å². The molecule has 144 valence electrons. The summed E-state index contributed by atoms with van der Waals surface area (Å²) in [6, 6.07) is 11.0. The molecular weight excluding hydrogens is 361 g/mol. The summed E-state index contributed by atoms with van der Waals surface area (Å²) >= 11 is 1.65. The van der Waals surface area contributed by atoms with Crippen molar-refractivity contribution in [1.29, 1.82) is 0 Å². The van der Waals surface area contributed by atoms with E-state index in [1.165, 1.54) is 10.9 Å². The van der Waals surface area contributed by atoms with Gasteiger partial charge in [-0.05, 0) is 44.1 Å². The molecule has 0 aliphatic carbocycles. The molecule has 0 radical (unpaired) electrons. The highest BCUT2D eigenvalue weighted by atomic mass is 32.1. The Kier molecular flexibility index (Phi) is 5.86. The Morgan fingerprint density at radius 2 is 1.81 bits per heavy atom. The van der Waals surface area contributed by atoms with Crippen LogP contribution < -0.4 is 5.32 Å². The summed E-state index contributed by atoms with van der Waals surface area (Å²) in [6.07, 6.45) is 1.93. The molecule has 1 aromatic carbocycles. The van der Waals surface area contributed by atoms with E-state index in [9.17, 15) is 9.18 Å². The molecule has 27 heavy (non-hydrogen) atoms. The Balaban J connectivity index is 1.31. The number of nitrogens with zero attached hydrogens (tertiary/aromatic N) is 2. The lowest BCUT2D eigenvalue weighted by Gasteiger charge is -2.37. The molecule has 4 rings (SSSR count). The van der Waals surface area contributed by atoms with Crippen molar-refractivity contribution in [3.05, 3.63) is 47.1 Å². The molecule has 2 saturated heterocycles. The first kappa shape index (κ1) is 18.6. The fourth-order valence-corrected chi connectivity index (χ4v) is 5.02. The topological polar surface area (TPSA) is 35.6 Å². The average Bonchev–Trinajstić information content (AvgIpc) is 3.17. The van der Waals surface area contributed by atoms with Gasteiger partial charge in [0.2, 0.25) is 5.91 Å². The lowest BCUT2D eigenvalue weighted by molar-refractivity contribution is -0.138. The number of benzene rings is 1. The SMILES string of the molecule is O=C(C1CCNCC1)N1CCN(Cc2ccc(-c3ccccc3F)s2)CC1. The molecule has 2 fully saturated rings. The molecule has 1 amide bonds. The minimum atomic E-state index is -0.170. The van der Waals surface area contributed by atoms with Crippen molar-refractivity contribution in [2.24, 2.45) is 5.92 Å². The molecule has 0 bridgehead atoms. The number of hydrogen-bond acceptors (Lipinski definition) is 4. The first-order chi connectivity index (χ1) is 13.2. The van der Waals surface area contributed by atoms with E-state index in [1.807, 2.05) is 23.1 Å². The van der Waals surface area contributed by atoms with Crippen LogP contribution in [-0.4, -0.2) is 55.0 Å². The van der Waals surface area contributed by atoms with Gasteiger partial charge in [0.05, 0.1) is 0 Å². The quantitative estimate of drug-likeness (QED) is 0.875. The van der Waals surface area contributed by atoms with Crippen molar-refractivity contribution in [2.45, 2.75) is 19.4 Å². The Labute approximate surface area is 164 Å². The van der Waals surface area contributed by atoms with Crippen LogP contribution in [-0.2, 0) is 11.3 Å². The summed E-state index contributed by atoms with van der Waals surface area (Å²) in [4.78, 5) is 19.3. The van der Waals surface area contributed by atoms with Crippen LogP contribution in [0.5, 0.6) is 0 Å². The van der Waals surface area contributed by atoms with E-state index < -0.39 is 0 Å². The smallest absolute Gasteiger partial charge is 0.225 e. The van der Waals surface area contributed by atoms with E-state index in [0.29, 0.717) is 11.5 Å². The number of nitrogens with one attached hydrogen (secondary N) is 1. The summed E-state index contributed by atoms with van der Waals surface area (Å²) in [5.41, 5.74) is 0.672. The normalized spacial score (nSPS) is 19.4. The number of thiophene rings is 1. The van der Waals surface area contributed by atoms with Crippen LogP contribution in [0.25, 0.3) is 10.4 Å². The van der Waals surface area contributed by atoms with Crippen LogP contribution in [0.4, 0.5) is 4.39 Å². The van der Waals surface area contributed by atoms with Gasteiger partial charge in [0, 0.05) is 54.0 Å². The summed E-state index contributed by atoms with van der Waals surface area (Å²) in [5, 5.41) is 3.32. The van der Waals surface area contributed by atoms with E-state index in [-0.39, 0.29) is 11.7 Å². The van der Waals surface area contributed by atoms with E-state index in [0.717, 1.165) is 63.5 Å². The van der Waals surface area contributed by atoms with Crippen LogP contribution in [0.1, 0.15) is 17.7 Å². The van der Waals surface area contributed by atoms with Gasteiger partial charge in [0.25, 0.3) is 0 Å². The van der Waals surface area contributed by atoms with Crippen molar-refractivity contribution in [3.8, 4) is 10.4 Å². The van der Waals surface area contributed by atoms with Crippen LogP contribution in [0.15, 0.2) is 36.4 Å². The molecule has 2 aromatic rings. The van der Waals surface area contributed by atoms with E-state index in [1.54, 1.807) is 17.4 Å². The fourth-order valence-electron chi connectivity index (χ4n) is 3.94. The second-order valence-corrected chi connectivity index (χ2v) is 8.54. The molecule has 3 heterocycles. The fraction of sp³-hybridized carbons (Fsp3) is 0.476. The number of halogens is 1. The van der Waals surface area contributed by atoms with E-state index >= 15 is 0 Å². The van der Waals surface area contributed by atoms with Gasteiger partial charge < -0.3 is 10.2 Å². The number of carbonyl (C=O) groups is 1. The maximum absolute atomic E-state index is 14.0. The second-order valence-electron chi connectivity index (χ2n) is 7.37. The molecular formula is C21H26FN3OS. The van der Waals surface area contributed by atoms with Gasteiger partial charge in [-0.25, -0.2) is 4.39 Å². The third kappa shape index (κ3) is 4.39. The number of rotatable bonds is 4. The highest BCUT2D eigenvalue weighted by Crippen LogP contribution is 2.30. The molecule has 0 spiro atoms. The van der Waals surface area contributed by atoms with Gasteiger partial charge in [-0.3, -0.25) is 9.69 Å². The maximum Gasteiger partial charge on any atom is 0.225 e. The molecule has 0 atom stereocenters. The van der Waals surface area contributed by atoms with Crippen molar-refractivity contribution in [3.63, 3.8) is 0 Å². The molecule has 0 saturated carbocycles. The van der Waals surface area contributed by atoms with Gasteiger partial charge in [0.1, 0.15) is 5.82 Å². The van der Waals surface area contributed by atoms with Crippen LogP contribution >= 0.6 is 11.3 Å². The summed E-state index contributed by atoms with van der Waals surface area (Å²) in [5.74, 6) is 0.378. The van der Waals surface area contributed by atoms with Crippen molar-refractivity contribution in [2.75, 3.05) is 39.3 Å². The molecule has 1 aromatic heterocycles. The summed E-state index contributed by atoms with van der Waals surface area (Å²) in [6.45, 7) is 6.22. The van der Waals surface area contributed by atoms with Crippen LogP contribution in [0.3, 0.4) is 0 Å². The Morgan fingerprint density at radius 3 is 2.56 bits per heavy atom. The zero-order valence-corrected chi connectivity index (χ0v) is 16.3. The lowest BCUT2D eigenvalue weighted by atomic mass is 9.96. The van der Waals surface area contributed by atoms with Crippen molar-refractivity contribution in [1.82, 2.24) is 15.1 Å². The molecule has 4 nitrogen and oxygen atoms in total. The number of amides is 1. The van der Waals surface area contributed by atoms with Gasteiger partial charge >= 0.3 is 0 Å². The van der Waals surface area contributed by atoms with Crippen LogP contribution in [0.2, 0.25) is 0 Å². The largest absolute Gasteiger partial charge is 0.340 e. The van der Waals surface area contributed by atoms with Gasteiger partial charge in [-0.15, -0.1) is 11.3 Å². The third-order valence-corrected chi connectivity index (χ3v) is 6.66. The molecule has 6 heteroatoms. The zero-order chi connectivity index (χ0) is 18.6. The number of piperidine rings is 1. The monoisotopic (exact) mass is 387 g/mol. The maximum atomic E-state index is 14.0. The predicted molar refractivity (Wildman–Crippen MR) is 107 cm³/mol. The Bertz CT molecular complexity index is 779. The predicted octanol–water partition coefficient (Wildman–Crippen LogP) is 3.20. The lowest BCUT2D eigenvalue weighted by Crippen LogP contribution is -2.51. The molecule has 0 unspecified atom stereocenters. The molecule has 2 aliphatic heterocycles. The van der Waals surface area contributed by atoms with E-state index in [2.05, 4.69) is 16.3 Å². The number of carbonyl (C=O) groups excluding carboxylic acids is 1. The van der Waals surface area contributed by atoms with Gasteiger partial charge in [-0.1, -0.05) is 18.2 Å². The standard InChI is InChI=1S/C21H26FN3OS/c22-19-4-2-1-3-18(19)20-6-5-17(27-20)15-24-11-13-25(14-12-24)21(26)16-7-9-23-10-8-16/h1-6,16,23H,7-15H2. The average molecular weight is 388 g/mol. The Hall–Kier alpha value is -1.76. The first-order valence-electron chi connectivity index (χ1n) is 9.76. The Morgan fingerprint density at radius 1 is 1.07 bits per heavy atom. The summed E-state index contributed by atoms with van der Waals surface area (Å²) < 4.78 is 14.0. The van der Waals surface area contributed by atoms with Crippen molar-refractivity contribution < 1.29 is 9.18 Å². The highest BCUT2D eigenvalue weighted by Gasteiger charge is 2.28. The highest BCUT2D eigenvalue weighted by molar-refractivity contribution is 7.15. The molecule has 2 aliphatic rings. The third-order valence-electron chi connectivity index (χ3n) is 5.55. The number of piperazine rings is 1. The van der Waals surface area contributed by atoms with Crippen LogP contribution in [0, 0.1) is 11.7 Å². The number of hydrogen-bond donors (Lipinski definition) is 1. The minimum absolute atomic E-state index is 0.170. The minimum Gasteiger partial charge on any atom is -0.340 e. The van der Waals surface area contributed by atoms with Crippen molar-refractivity contribution >= 4 is 17.2 Å². The first-order valence-corrected chi connectivity index (χ1v) is 10.6. The van der Waals surface area contributed by atoms with E-state index in [4.69, 9.17) is 0 Å². The summed E-state index contributed by atoms with van der Waals surface area (Å²) in [7, 11) is 0. The zero-order valence-electron chi connectivity index (χ0n) is 15.5. The molecule has 1 N–H and O–H groups in total. The second kappa shape index (κ2) is 8.50.